The number of anilines is 7. The van der Waals surface area contributed by atoms with E-state index in [0.717, 1.165) is 35.8 Å². The van der Waals surface area contributed by atoms with Gasteiger partial charge >= 0.3 is 10.1 Å². The summed E-state index contributed by atoms with van der Waals surface area (Å²) >= 11 is 1.71. The number of aliphatic hydroxyl groups is 2. The molecular formula is C35H42N14O7S3. The van der Waals surface area contributed by atoms with E-state index in [2.05, 4.69) is 65.8 Å². The smallest absolute Gasteiger partial charge is 0.313 e. The summed E-state index contributed by atoms with van der Waals surface area (Å²) in [7, 11) is -4.80. The zero-order chi connectivity index (χ0) is 42.5. The lowest BCUT2D eigenvalue weighted by molar-refractivity contribution is 0.111. The second-order valence-electron chi connectivity index (χ2n) is 12.0. The van der Waals surface area contributed by atoms with Crippen molar-refractivity contribution in [2.45, 2.75) is 32.7 Å². The van der Waals surface area contributed by atoms with Gasteiger partial charge < -0.3 is 35.5 Å². The minimum Gasteiger partial charge on any atom is -0.395 e. The molecule has 3 heterocycles. The normalized spacial score (nSPS) is 11.6. The Hall–Kier alpha value is -5.92. The predicted octanol–water partition coefficient (Wildman–Crippen LogP) is 6.46. The second kappa shape index (κ2) is 20.7. The molecule has 0 unspecified atom stereocenters. The maximum Gasteiger partial charge on any atom is 0.313 e. The maximum absolute atomic E-state index is 11.8. The highest BCUT2D eigenvalue weighted by Crippen LogP contribution is 2.37. The number of aromatic nitrogens is 5. The van der Waals surface area contributed by atoms with Crippen molar-refractivity contribution in [1.29, 1.82) is 0 Å². The molecule has 0 aliphatic rings. The van der Waals surface area contributed by atoms with Crippen LogP contribution >= 0.6 is 22.7 Å². The third-order valence-electron chi connectivity index (χ3n) is 8.43. The van der Waals surface area contributed by atoms with E-state index in [-0.39, 0.29) is 71.3 Å². The highest BCUT2D eigenvalue weighted by atomic mass is 32.2. The number of carbonyl (C=O) groups excluding carboxylic acids is 2. The zero-order valence-electron chi connectivity index (χ0n) is 32.4. The first-order valence-corrected chi connectivity index (χ1v) is 21.3. The number of hydrogen-bond donors (Lipinski definition) is 5. The average Bonchev–Trinajstić information content (AvgIpc) is 3.88. The molecule has 5 aromatic rings. The van der Waals surface area contributed by atoms with Crippen LogP contribution in [0.1, 0.15) is 47.0 Å². The molecule has 0 amide bonds. The van der Waals surface area contributed by atoms with Crippen molar-refractivity contribution in [2.24, 2.45) is 20.5 Å². The standard InChI is InChI=1S/C35H42N14O7S3/c1-5-47(6-2)22-9-11-25(43-45-34-36-19-24(20-52)57-34)27(17-22)37-31-40-32(42-33(41-31)49(13-15-50)14-16-51)38-28-18-23(48(7-3)8-4)10-12-26(28)44-46-35-39-30(59(54,55)56)29(21-53)58-35/h9-12,17-21,50-51H,5-8,13-16H2,1-4H3,(H,54,55,56)(H2,37,38,40,41,42). The van der Waals surface area contributed by atoms with E-state index in [1.165, 1.54) is 6.20 Å². The number of benzene rings is 2. The molecule has 312 valence electrons. The Kier molecular flexibility index (Phi) is 15.5. The van der Waals surface area contributed by atoms with Crippen LogP contribution in [0.25, 0.3) is 0 Å². The number of carbonyl (C=O) groups is 2. The number of nitrogens with zero attached hydrogens (tertiary/aromatic N) is 12. The average molecular weight is 867 g/mol. The van der Waals surface area contributed by atoms with Gasteiger partial charge in [-0.3, -0.25) is 14.1 Å². The molecule has 2 aromatic carbocycles. The van der Waals surface area contributed by atoms with E-state index in [4.69, 9.17) is 0 Å². The molecule has 0 atom stereocenters. The number of hydrogen-bond acceptors (Lipinski definition) is 22. The van der Waals surface area contributed by atoms with Crippen molar-refractivity contribution in [3.05, 3.63) is 52.3 Å². The van der Waals surface area contributed by atoms with Gasteiger partial charge in [0.2, 0.25) is 33.1 Å². The second-order valence-corrected chi connectivity index (χ2v) is 15.4. The Morgan fingerprint density at radius 2 is 1.22 bits per heavy atom. The van der Waals surface area contributed by atoms with Crippen LogP contribution in [-0.4, -0.2) is 113 Å². The Balaban J connectivity index is 1.62. The monoisotopic (exact) mass is 866 g/mol. The van der Waals surface area contributed by atoms with E-state index in [0.29, 0.717) is 52.7 Å². The van der Waals surface area contributed by atoms with E-state index in [1.807, 2.05) is 45.9 Å². The Morgan fingerprint density at radius 3 is 1.64 bits per heavy atom. The SMILES string of the molecule is CCN(CC)c1ccc(N=Nc2ncc(C=O)s2)c(Nc2nc(Nc3cc(N(CC)CC)ccc3N=Nc3nc(S(=O)(=O)O)c(C=O)s3)nc(N(CCO)CCO)n2)c1. The molecule has 0 fully saturated rings. The third kappa shape index (κ3) is 11.4. The van der Waals surface area contributed by atoms with Crippen LogP contribution in [0, 0.1) is 0 Å². The molecule has 3 aromatic heterocycles. The van der Waals surface area contributed by atoms with Crippen molar-refractivity contribution in [1.82, 2.24) is 24.9 Å². The highest BCUT2D eigenvalue weighted by Gasteiger charge is 2.22. The molecule has 21 nitrogen and oxygen atoms in total. The van der Waals surface area contributed by atoms with Gasteiger partial charge in [0.15, 0.2) is 12.6 Å². The van der Waals surface area contributed by atoms with E-state index in [9.17, 15) is 32.8 Å². The van der Waals surface area contributed by atoms with Gasteiger partial charge in [-0.15, -0.1) is 20.5 Å². The van der Waals surface area contributed by atoms with Gasteiger partial charge in [-0.25, -0.2) is 9.97 Å². The molecule has 0 bridgehead atoms. The molecular weight excluding hydrogens is 825 g/mol. The van der Waals surface area contributed by atoms with E-state index in [1.54, 1.807) is 23.1 Å². The molecule has 5 N–H and O–H groups in total. The largest absolute Gasteiger partial charge is 0.395 e. The van der Waals surface area contributed by atoms with Crippen LogP contribution in [0.15, 0.2) is 68.1 Å². The van der Waals surface area contributed by atoms with Gasteiger partial charge in [0.1, 0.15) is 16.3 Å². The molecule has 0 aliphatic heterocycles. The molecule has 24 heteroatoms. The van der Waals surface area contributed by atoms with Gasteiger partial charge in [-0.1, -0.05) is 22.7 Å². The molecule has 0 spiro atoms. The summed E-state index contributed by atoms with van der Waals surface area (Å²) in [5.74, 6) is 0.171. The molecule has 59 heavy (non-hydrogen) atoms. The number of thiazole rings is 2. The number of aldehydes is 2. The fraction of sp³-hybridized carbons (Fsp3) is 0.343. The quantitative estimate of drug-likeness (QED) is 0.0284. The van der Waals surface area contributed by atoms with Crippen molar-refractivity contribution in [3.63, 3.8) is 0 Å². The lowest BCUT2D eigenvalue weighted by Gasteiger charge is -2.24. The molecule has 0 radical (unpaired) electrons. The van der Waals surface area contributed by atoms with Gasteiger partial charge in [-0.2, -0.15) is 23.4 Å². The van der Waals surface area contributed by atoms with Crippen molar-refractivity contribution >= 4 is 108 Å². The molecule has 0 saturated carbocycles. The van der Waals surface area contributed by atoms with Crippen molar-refractivity contribution in [2.75, 3.05) is 77.8 Å². The maximum atomic E-state index is 11.8. The van der Waals surface area contributed by atoms with Gasteiger partial charge in [-0.05, 0) is 64.1 Å². The van der Waals surface area contributed by atoms with Gasteiger partial charge in [0.05, 0.1) is 35.7 Å². The fourth-order valence-corrected chi connectivity index (χ4v) is 7.74. The number of rotatable bonds is 22. The van der Waals surface area contributed by atoms with Crippen LogP contribution in [0.3, 0.4) is 0 Å². The summed E-state index contributed by atoms with van der Waals surface area (Å²) in [5, 5.41) is 42.5. The van der Waals surface area contributed by atoms with Crippen LogP contribution in [0.2, 0.25) is 0 Å². The molecule has 5 rings (SSSR count). The predicted molar refractivity (Wildman–Crippen MR) is 226 cm³/mol. The zero-order valence-corrected chi connectivity index (χ0v) is 34.9. The summed E-state index contributed by atoms with van der Waals surface area (Å²) in [6.45, 7) is 10.5. The van der Waals surface area contributed by atoms with Crippen LogP contribution in [0.5, 0.6) is 0 Å². The Bertz CT molecular complexity index is 2390. The fourth-order valence-electron chi connectivity index (χ4n) is 5.59. The molecule has 0 saturated heterocycles. The van der Waals surface area contributed by atoms with Crippen LogP contribution < -0.4 is 25.3 Å². The first-order valence-electron chi connectivity index (χ1n) is 18.2. The number of aliphatic hydroxyl groups excluding tert-OH is 2. The summed E-state index contributed by atoms with van der Waals surface area (Å²) < 4.78 is 33.1. The number of azo groups is 2. The van der Waals surface area contributed by atoms with E-state index >= 15 is 0 Å². The summed E-state index contributed by atoms with van der Waals surface area (Å²) in [6, 6.07) is 10.8. The minimum absolute atomic E-state index is 0.0185. The lowest BCUT2D eigenvalue weighted by atomic mass is 10.2. The molecule has 0 aliphatic carbocycles. The minimum atomic E-state index is -4.80. The van der Waals surface area contributed by atoms with Crippen molar-refractivity contribution in [3.8, 4) is 0 Å². The highest BCUT2D eigenvalue weighted by molar-refractivity contribution is 7.86. The van der Waals surface area contributed by atoms with Crippen molar-refractivity contribution < 1.29 is 32.8 Å². The Morgan fingerprint density at radius 1 is 0.695 bits per heavy atom. The third-order valence-corrected chi connectivity index (χ3v) is 11.0. The Labute approximate surface area is 347 Å². The van der Waals surface area contributed by atoms with Crippen LogP contribution in [0.4, 0.5) is 62.2 Å². The summed E-state index contributed by atoms with van der Waals surface area (Å²) in [4.78, 5) is 50.4. The lowest BCUT2D eigenvalue weighted by Crippen LogP contribution is -2.31. The van der Waals surface area contributed by atoms with Gasteiger partial charge in [0.25, 0.3) is 0 Å². The summed E-state index contributed by atoms with van der Waals surface area (Å²) in [5.41, 5.74) is 3.14. The van der Waals surface area contributed by atoms with Crippen LogP contribution in [-0.2, 0) is 10.1 Å². The van der Waals surface area contributed by atoms with Gasteiger partial charge in [0, 0.05) is 50.6 Å². The topological polar surface area (TPSA) is 277 Å². The first kappa shape index (κ1) is 44.2. The number of nitrogens with one attached hydrogen (secondary N) is 2. The summed E-state index contributed by atoms with van der Waals surface area (Å²) in [6.07, 6.45) is 2.35. The first-order chi connectivity index (χ1) is 28.5. The van der Waals surface area contributed by atoms with E-state index < -0.39 is 15.1 Å².